The second kappa shape index (κ2) is 5.16. The number of phenols is 1. The topological polar surface area (TPSA) is 83.5 Å². The van der Waals surface area contributed by atoms with E-state index in [9.17, 15) is 17.6 Å². The van der Waals surface area contributed by atoms with Crippen molar-refractivity contribution in [1.82, 2.24) is 0 Å². The number of halogens is 1. The molecule has 1 heterocycles. The molecule has 0 radical (unpaired) electrons. The van der Waals surface area contributed by atoms with Crippen LogP contribution < -0.4 is 5.32 Å². The number of benzene rings is 1. The van der Waals surface area contributed by atoms with Crippen molar-refractivity contribution < 1.29 is 22.7 Å². The van der Waals surface area contributed by atoms with E-state index < -0.39 is 21.6 Å². The van der Waals surface area contributed by atoms with Crippen LogP contribution in [-0.2, 0) is 14.6 Å². The maximum atomic E-state index is 13.4. The third-order valence-corrected chi connectivity index (χ3v) is 4.86. The highest BCUT2D eigenvalue weighted by Gasteiger charge is 2.29. The summed E-state index contributed by atoms with van der Waals surface area (Å²) in [4.78, 5) is 11.7. The standard InChI is InChI=1S/C12H14FNO4S/c13-10-6-9(15)1-2-11(10)14-12(16)5-8-3-4-19(17,18)7-8/h1-2,6,8,15H,3-5,7H2,(H,14,16). The van der Waals surface area contributed by atoms with E-state index in [4.69, 9.17) is 5.11 Å². The van der Waals surface area contributed by atoms with Gasteiger partial charge in [-0.05, 0) is 24.5 Å². The molecule has 1 amide bonds. The number of carbonyl (C=O) groups is 1. The van der Waals surface area contributed by atoms with Crippen LogP contribution in [0.2, 0.25) is 0 Å². The Balaban J connectivity index is 1.95. The van der Waals surface area contributed by atoms with Crippen LogP contribution >= 0.6 is 0 Å². The molecule has 2 rings (SSSR count). The van der Waals surface area contributed by atoms with Gasteiger partial charge in [-0.2, -0.15) is 0 Å². The minimum absolute atomic E-state index is 0.0124. The van der Waals surface area contributed by atoms with Gasteiger partial charge in [-0.3, -0.25) is 4.79 Å². The van der Waals surface area contributed by atoms with Gasteiger partial charge in [0.25, 0.3) is 0 Å². The lowest BCUT2D eigenvalue weighted by molar-refractivity contribution is -0.116. The summed E-state index contributed by atoms with van der Waals surface area (Å²) in [6.07, 6.45) is 0.521. The Morgan fingerprint density at radius 2 is 2.21 bits per heavy atom. The SMILES string of the molecule is O=C(CC1CCS(=O)(=O)C1)Nc1ccc(O)cc1F. The van der Waals surface area contributed by atoms with Gasteiger partial charge in [0.05, 0.1) is 17.2 Å². The zero-order chi connectivity index (χ0) is 14.0. The molecule has 1 unspecified atom stereocenters. The number of anilines is 1. The summed E-state index contributed by atoms with van der Waals surface area (Å²) < 4.78 is 35.9. The lowest BCUT2D eigenvalue weighted by atomic mass is 10.1. The van der Waals surface area contributed by atoms with Gasteiger partial charge in [0, 0.05) is 12.5 Å². The van der Waals surface area contributed by atoms with Crippen molar-refractivity contribution in [3.05, 3.63) is 24.0 Å². The lowest BCUT2D eigenvalue weighted by Gasteiger charge is -2.09. The van der Waals surface area contributed by atoms with Crippen LogP contribution in [0, 0.1) is 11.7 Å². The Hall–Kier alpha value is -1.63. The number of aromatic hydroxyl groups is 1. The van der Waals surface area contributed by atoms with Crippen molar-refractivity contribution in [1.29, 1.82) is 0 Å². The molecule has 0 spiro atoms. The van der Waals surface area contributed by atoms with Gasteiger partial charge in [0.1, 0.15) is 11.6 Å². The van der Waals surface area contributed by atoms with Gasteiger partial charge >= 0.3 is 0 Å². The molecule has 1 aliphatic rings. The molecule has 1 aliphatic heterocycles. The second-order valence-corrected chi connectivity index (χ2v) is 6.91. The Morgan fingerprint density at radius 1 is 1.47 bits per heavy atom. The van der Waals surface area contributed by atoms with Gasteiger partial charge in [-0.15, -0.1) is 0 Å². The van der Waals surface area contributed by atoms with Gasteiger partial charge in [-0.25, -0.2) is 12.8 Å². The zero-order valence-corrected chi connectivity index (χ0v) is 10.9. The molecule has 1 saturated heterocycles. The van der Waals surface area contributed by atoms with Gasteiger partial charge < -0.3 is 10.4 Å². The fraction of sp³-hybridized carbons (Fsp3) is 0.417. The van der Waals surface area contributed by atoms with Crippen LogP contribution in [-0.4, -0.2) is 30.9 Å². The summed E-state index contributed by atoms with van der Waals surface area (Å²) in [6, 6.07) is 3.42. The first-order chi connectivity index (χ1) is 8.85. The maximum Gasteiger partial charge on any atom is 0.224 e. The number of nitrogens with one attached hydrogen (secondary N) is 1. The smallest absolute Gasteiger partial charge is 0.224 e. The van der Waals surface area contributed by atoms with Crippen LogP contribution in [0.4, 0.5) is 10.1 Å². The molecule has 0 aliphatic carbocycles. The summed E-state index contributed by atoms with van der Waals surface area (Å²) in [5.41, 5.74) is -0.0244. The molecule has 0 bridgehead atoms. The maximum absolute atomic E-state index is 13.4. The van der Waals surface area contributed by atoms with Gasteiger partial charge in [-0.1, -0.05) is 0 Å². The van der Waals surface area contributed by atoms with Crippen molar-refractivity contribution >= 4 is 21.4 Å². The molecule has 0 aromatic heterocycles. The third-order valence-electron chi connectivity index (χ3n) is 3.03. The number of amides is 1. The van der Waals surface area contributed by atoms with Crippen LogP contribution in [0.1, 0.15) is 12.8 Å². The van der Waals surface area contributed by atoms with E-state index >= 15 is 0 Å². The van der Waals surface area contributed by atoms with E-state index in [1.807, 2.05) is 0 Å². The van der Waals surface area contributed by atoms with E-state index in [0.29, 0.717) is 6.42 Å². The molecule has 1 aromatic carbocycles. The minimum Gasteiger partial charge on any atom is -0.508 e. The van der Waals surface area contributed by atoms with E-state index in [0.717, 1.165) is 6.07 Å². The predicted octanol–water partition coefficient (Wildman–Crippen LogP) is 1.29. The highest BCUT2D eigenvalue weighted by molar-refractivity contribution is 7.91. The second-order valence-electron chi connectivity index (χ2n) is 4.69. The van der Waals surface area contributed by atoms with Crippen molar-refractivity contribution in [3.8, 4) is 5.75 Å². The first kappa shape index (κ1) is 13.8. The van der Waals surface area contributed by atoms with E-state index in [1.54, 1.807) is 0 Å². The van der Waals surface area contributed by atoms with E-state index in [-0.39, 0.29) is 35.3 Å². The van der Waals surface area contributed by atoms with Crippen molar-refractivity contribution in [2.24, 2.45) is 5.92 Å². The number of carbonyl (C=O) groups excluding carboxylic acids is 1. The molecule has 1 fully saturated rings. The number of hydrogen-bond acceptors (Lipinski definition) is 4. The Kier molecular flexibility index (Phi) is 3.75. The highest BCUT2D eigenvalue weighted by atomic mass is 32.2. The molecule has 19 heavy (non-hydrogen) atoms. The first-order valence-electron chi connectivity index (χ1n) is 5.84. The molecule has 1 aromatic rings. The molecular weight excluding hydrogens is 273 g/mol. The first-order valence-corrected chi connectivity index (χ1v) is 7.67. The number of phenolic OH excluding ortho intramolecular Hbond substituents is 1. The summed E-state index contributed by atoms with van der Waals surface area (Å²) in [5.74, 6) is -1.46. The minimum atomic E-state index is -3.01. The summed E-state index contributed by atoms with van der Waals surface area (Å²) >= 11 is 0. The lowest BCUT2D eigenvalue weighted by Crippen LogP contribution is -2.18. The van der Waals surface area contributed by atoms with Crippen molar-refractivity contribution in [2.45, 2.75) is 12.8 Å². The van der Waals surface area contributed by atoms with Gasteiger partial charge in [0.2, 0.25) is 5.91 Å². The quantitative estimate of drug-likeness (QED) is 0.821. The Bertz CT molecular complexity index is 600. The van der Waals surface area contributed by atoms with Crippen LogP contribution in [0.25, 0.3) is 0 Å². The van der Waals surface area contributed by atoms with E-state index in [1.165, 1.54) is 12.1 Å². The van der Waals surface area contributed by atoms with Crippen molar-refractivity contribution in [2.75, 3.05) is 16.8 Å². The molecule has 1 atom stereocenters. The molecule has 7 heteroatoms. The fourth-order valence-electron chi connectivity index (χ4n) is 2.10. The summed E-state index contributed by atoms with van der Waals surface area (Å²) in [7, 11) is -3.01. The molecular formula is C12H14FNO4S. The molecule has 104 valence electrons. The normalized spacial score (nSPS) is 21.2. The average molecular weight is 287 g/mol. The van der Waals surface area contributed by atoms with Gasteiger partial charge in [0.15, 0.2) is 9.84 Å². The van der Waals surface area contributed by atoms with Crippen molar-refractivity contribution in [3.63, 3.8) is 0 Å². The third kappa shape index (κ3) is 3.66. The molecule has 2 N–H and O–H groups in total. The number of hydrogen-bond donors (Lipinski definition) is 2. The molecule has 5 nitrogen and oxygen atoms in total. The Labute approximate surface area is 110 Å². The average Bonchev–Trinajstić information content (AvgIpc) is 2.62. The number of rotatable bonds is 3. The summed E-state index contributed by atoms with van der Waals surface area (Å²) in [5, 5.41) is 11.4. The van der Waals surface area contributed by atoms with Crippen LogP contribution in [0.5, 0.6) is 5.75 Å². The monoisotopic (exact) mass is 287 g/mol. The largest absolute Gasteiger partial charge is 0.508 e. The van der Waals surface area contributed by atoms with Crippen LogP contribution in [0.15, 0.2) is 18.2 Å². The molecule has 0 saturated carbocycles. The zero-order valence-electron chi connectivity index (χ0n) is 10.1. The van der Waals surface area contributed by atoms with E-state index in [2.05, 4.69) is 5.32 Å². The summed E-state index contributed by atoms with van der Waals surface area (Å²) in [6.45, 7) is 0. The number of sulfone groups is 1. The van der Waals surface area contributed by atoms with Crippen LogP contribution in [0.3, 0.4) is 0 Å². The Morgan fingerprint density at radius 3 is 2.79 bits per heavy atom. The fourth-order valence-corrected chi connectivity index (χ4v) is 3.96. The highest BCUT2D eigenvalue weighted by Crippen LogP contribution is 2.23. The predicted molar refractivity (Wildman–Crippen MR) is 68.1 cm³/mol.